The molecule has 0 radical (unpaired) electrons. The monoisotopic (exact) mass is 335 g/mol. The number of carbonyl (C=O) groups excluding carboxylic acids is 1. The number of amides is 1. The van der Waals surface area contributed by atoms with E-state index in [1.807, 2.05) is 36.4 Å². The second-order valence-corrected chi connectivity index (χ2v) is 5.30. The summed E-state index contributed by atoms with van der Waals surface area (Å²) >= 11 is 0. The van der Waals surface area contributed by atoms with E-state index >= 15 is 0 Å². The Morgan fingerprint density at radius 3 is 2.60 bits per heavy atom. The minimum atomic E-state index is -0.341. The van der Waals surface area contributed by atoms with Crippen LogP contribution in [0.4, 0.5) is 0 Å². The number of pyridine rings is 2. The average Bonchev–Trinajstić information content (AvgIpc) is 2.67. The van der Waals surface area contributed by atoms with Gasteiger partial charge >= 0.3 is 0 Å². The number of hydrogen-bond acceptors (Lipinski definition) is 4. The molecule has 0 atom stereocenters. The fourth-order valence-corrected chi connectivity index (χ4v) is 2.41. The standard InChI is InChI=1S/C19H17N3O3/c1-25-17-11-18(23)22(15-8-3-2-4-9-15)13-16(17)19(24)21-12-14-7-5-6-10-20-14/h2-11,13H,12H2,1H3,(H,21,24). The van der Waals surface area contributed by atoms with Gasteiger partial charge in [0.05, 0.1) is 24.9 Å². The Hall–Kier alpha value is -3.41. The van der Waals surface area contributed by atoms with Crippen molar-refractivity contribution in [2.75, 3.05) is 7.11 Å². The van der Waals surface area contributed by atoms with Gasteiger partial charge in [0.2, 0.25) is 0 Å². The lowest BCUT2D eigenvalue weighted by Gasteiger charge is -2.12. The van der Waals surface area contributed by atoms with Crippen molar-refractivity contribution in [1.29, 1.82) is 0 Å². The second kappa shape index (κ2) is 7.44. The number of methoxy groups -OCH3 is 1. The molecule has 0 aliphatic carbocycles. The SMILES string of the molecule is COc1cc(=O)n(-c2ccccc2)cc1C(=O)NCc1ccccn1. The second-order valence-electron chi connectivity index (χ2n) is 5.30. The Balaban J connectivity index is 1.91. The molecular weight excluding hydrogens is 318 g/mol. The number of nitrogens with one attached hydrogen (secondary N) is 1. The Kier molecular flexibility index (Phi) is 4.89. The van der Waals surface area contributed by atoms with Crippen LogP contribution in [0.5, 0.6) is 5.75 Å². The predicted molar refractivity (Wildman–Crippen MR) is 94.0 cm³/mol. The van der Waals surface area contributed by atoms with E-state index in [1.54, 1.807) is 18.3 Å². The highest BCUT2D eigenvalue weighted by atomic mass is 16.5. The van der Waals surface area contributed by atoms with Crippen LogP contribution in [-0.4, -0.2) is 22.6 Å². The Morgan fingerprint density at radius 2 is 1.92 bits per heavy atom. The first-order valence-corrected chi connectivity index (χ1v) is 7.73. The third-order valence-electron chi connectivity index (χ3n) is 3.67. The van der Waals surface area contributed by atoms with Gasteiger partial charge in [0.25, 0.3) is 11.5 Å². The van der Waals surface area contributed by atoms with Crippen LogP contribution in [-0.2, 0) is 6.54 Å². The number of nitrogens with zero attached hydrogens (tertiary/aromatic N) is 2. The lowest BCUT2D eigenvalue weighted by molar-refractivity contribution is 0.0946. The van der Waals surface area contributed by atoms with Gasteiger partial charge in [-0.2, -0.15) is 0 Å². The van der Waals surface area contributed by atoms with Crippen LogP contribution < -0.4 is 15.6 Å². The van der Waals surface area contributed by atoms with E-state index < -0.39 is 0 Å². The molecule has 6 nitrogen and oxygen atoms in total. The Labute approximate surface area is 144 Å². The number of ether oxygens (including phenoxy) is 1. The summed E-state index contributed by atoms with van der Waals surface area (Å²) in [5, 5.41) is 2.79. The summed E-state index contributed by atoms with van der Waals surface area (Å²) in [7, 11) is 1.43. The molecule has 0 unspecified atom stereocenters. The van der Waals surface area contributed by atoms with Crippen molar-refractivity contribution >= 4 is 5.91 Å². The summed E-state index contributed by atoms with van der Waals surface area (Å²) in [6, 6.07) is 15.9. The quantitative estimate of drug-likeness (QED) is 0.775. The number of rotatable bonds is 5. The lowest BCUT2D eigenvalue weighted by Crippen LogP contribution is -2.27. The minimum absolute atomic E-state index is 0.232. The van der Waals surface area contributed by atoms with E-state index in [2.05, 4.69) is 10.3 Å². The number of para-hydroxylation sites is 1. The molecular formula is C19H17N3O3. The van der Waals surface area contributed by atoms with E-state index in [4.69, 9.17) is 4.74 Å². The smallest absolute Gasteiger partial charge is 0.258 e. The molecule has 126 valence electrons. The summed E-state index contributed by atoms with van der Waals surface area (Å²) in [5.74, 6) is -0.108. The van der Waals surface area contributed by atoms with Crippen LogP contribution >= 0.6 is 0 Å². The highest BCUT2D eigenvalue weighted by Crippen LogP contribution is 2.17. The van der Waals surface area contributed by atoms with Crippen LogP contribution in [0, 0.1) is 0 Å². The van der Waals surface area contributed by atoms with Crippen molar-refractivity contribution in [2.24, 2.45) is 0 Å². The molecule has 0 aliphatic heterocycles. The van der Waals surface area contributed by atoms with E-state index in [1.165, 1.54) is 23.9 Å². The molecule has 6 heteroatoms. The van der Waals surface area contributed by atoms with E-state index in [0.717, 1.165) is 5.69 Å². The first-order valence-electron chi connectivity index (χ1n) is 7.73. The molecule has 0 bridgehead atoms. The largest absolute Gasteiger partial charge is 0.496 e. The number of benzene rings is 1. The average molecular weight is 335 g/mol. The maximum absolute atomic E-state index is 12.6. The summed E-state index contributed by atoms with van der Waals surface area (Å²) in [6.45, 7) is 0.285. The van der Waals surface area contributed by atoms with Gasteiger partial charge in [0, 0.05) is 24.1 Å². The number of hydrogen-bond donors (Lipinski definition) is 1. The van der Waals surface area contributed by atoms with Crippen molar-refractivity contribution in [3.8, 4) is 11.4 Å². The van der Waals surface area contributed by atoms with Gasteiger partial charge in [-0.05, 0) is 24.3 Å². The molecule has 2 aromatic heterocycles. The molecule has 0 fully saturated rings. The molecule has 25 heavy (non-hydrogen) atoms. The molecule has 3 aromatic rings. The van der Waals surface area contributed by atoms with Crippen LogP contribution in [0.1, 0.15) is 16.1 Å². The third kappa shape index (κ3) is 3.74. The molecule has 0 spiro atoms. The zero-order chi connectivity index (χ0) is 17.6. The summed E-state index contributed by atoms with van der Waals surface area (Å²) in [6.07, 6.45) is 3.15. The molecule has 1 N–H and O–H groups in total. The molecule has 1 aromatic carbocycles. The molecule has 0 saturated carbocycles. The van der Waals surface area contributed by atoms with Crippen molar-refractivity contribution in [3.63, 3.8) is 0 Å². The molecule has 0 aliphatic rings. The van der Waals surface area contributed by atoms with Gasteiger partial charge in [-0.15, -0.1) is 0 Å². The third-order valence-corrected chi connectivity index (χ3v) is 3.67. The maximum Gasteiger partial charge on any atom is 0.258 e. The van der Waals surface area contributed by atoms with Crippen LogP contribution in [0.2, 0.25) is 0 Å². The molecule has 2 heterocycles. The number of carbonyl (C=O) groups is 1. The van der Waals surface area contributed by atoms with Crippen molar-refractivity contribution < 1.29 is 9.53 Å². The van der Waals surface area contributed by atoms with Gasteiger partial charge in [0.1, 0.15) is 5.75 Å². The van der Waals surface area contributed by atoms with Gasteiger partial charge < -0.3 is 10.1 Å². The van der Waals surface area contributed by atoms with Crippen molar-refractivity contribution in [2.45, 2.75) is 6.54 Å². The topological polar surface area (TPSA) is 73.2 Å². The molecule has 3 rings (SSSR count). The summed E-state index contributed by atoms with van der Waals surface area (Å²) in [5.41, 5.74) is 1.42. The Morgan fingerprint density at radius 1 is 1.16 bits per heavy atom. The summed E-state index contributed by atoms with van der Waals surface area (Å²) in [4.78, 5) is 29.0. The molecule has 0 saturated heterocycles. The van der Waals surface area contributed by atoms with Crippen molar-refractivity contribution in [1.82, 2.24) is 14.9 Å². The molecule has 1 amide bonds. The van der Waals surface area contributed by atoms with Gasteiger partial charge in [-0.25, -0.2) is 0 Å². The Bertz CT molecular complexity index is 922. The van der Waals surface area contributed by atoms with Gasteiger partial charge in [0.15, 0.2) is 0 Å². The predicted octanol–water partition coefficient (Wildman–Crippen LogP) is 2.17. The highest BCUT2D eigenvalue weighted by molar-refractivity contribution is 5.96. The van der Waals surface area contributed by atoms with E-state index in [0.29, 0.717) is 5.69 Å². The minimum Gasteiger partial charge on any atom is -0.496 e. The maximum atomic E-state index is 12.6. The highest BCUT2D eigenvalue weighted by Gasteiger charge is 2.15. The lowest BCUT2D eigenvalue weighted by atomic mass is 10.2. The van der Waals surface area contributed by atoms with Crippen molar-refractivity contribution in [3.05, 3.63) is 88.6 Å². The van der Waals surface area contributed by atoms with Crippen LogP contribution in [0.3, 0.4) is 0 Å². The fraction of sp³-hybridized carbons (Fsp3) is 0.105. The van der Waals surface area contributed by atoms with E-state index in [-0.39, 0.29) is 29.3 Å². The normalized spacial score (nSPS) is 10.3. The van der Waals surface area contributed by atoms with Gasteiger partial charge in [-0.1, -0.05) is 24.3 Å². The number of aromatic nitrogens is 2. The zero-order valence-corrected chi connectivity index (χ0v) is 13.7. The summed E-state index contributed by atoms with van der Waals surface area (Å²) < 4.78 is 6.62. The first kappa shape index (κ1) is 16.4. The first-order chi connectivity index (χ1) is 12.2. The van der Waals surface area contributed by atoms with E-state index in [9.17, 15) is 9.59 Å². The fourth-order valence-electron chi connectivity index (χ4n) is 2.41. The van der Waals surface area contributed by atoms with Gasteiger partial charge in [-0.3, -0.25) is 19.1 Å². The zero-order valence-electron chi connectivity index (χ0n) is 13.7. The van der Waals surface area contributed by atoms with Crippen LogP contribution in [0.25, 0.3) is 5.69 Å². The van der Waals surface area contributed by atoms with Crippen LogP contribution in [0.15, 0.2) is 71.8 Å².